The van der Waals surface area contributed by atoms with Crippen molar-refractivity contribution < 1.29 is 4.79 Å². The van der Waals surface area contributed by atoms with Crippen molar-refractivity contribution in [3.63, 3.8) is 0 Å². The summed E-state index contributed by atoms with van der Waals surface area (Å²) in [4.78, 5) is 29.3. The first-order valence-corrected chi connectivity index (χ1v) is 7.01. The minimum atomic E-state index is -0.324. The maximum atomic E-state index is 12.0. The number of pyridine rings is 1. The fourth-order valence-corrected chi connectivity index (χ4v) is 2.74. The smallest absolute Gasteiger partial charge is 0.277 e. The van der Waals surface area contributed by atoms with Gasteiger partial charge in [-0.2, -0.15) is 0 Å². The number of rotatable bonds is 3. The lowest BCUT2D eigenvalue weighted by atomic mass is 10.2. The van der Waals surface area contributed by atoms with E-state index in [2.05, 4.69) is 25.3 Å². The highest BCUT2D eigenvalue weighted by molar-refractivity contribution is 7.19. The Morgan fingerprint density at radius 3 is 2.76 bits per heavy atom. The summed E-state index contributed by atoms with van der Waals surface area (Å²) < 4.78 is 0. The Balaban J connectivity index is 1.84. The van der Waals surface area contributed by atoms with Gasteiger partial charge >= 0.3 is 0 Å². The van der Waals surface area contributed by atoms with Crippen molar-refractivity contribution in [2.45, 2.75) is 6.92 Å². The number of thiazole rings is 1. The summed E-state index contributed by atoms with van der Waals surface area (Å²) in [5, 5.41) is 3.26. The van der Waals surface area contributed by atoms with Crippen molar-refractivity contribution in [1.82, 2.24) is 19.9 Å². The van der Waals surface area contributed by atoms with Crippen LogP contribution in [-0.4, -0.2) is 25.8 Å². The molecule has 3 heterocycles. The fourth-order valence-electron chi connectivity index (χ4n) is 1.79. The number of nitrogens with zero attached hydrogens (tertiary/aromatic N) is 4. The van der Waals surface area contributed by atoms with Crippen LogP contribution in [0.5, 0.6) is 0 Å². The highest BCUT2D eigenvalue weighted by Crippen LogP contribution is 2.32. The molecule has 0 spiro atoms. The number of nitrogens with one attached hydrogen (secondary N) is 1. The molecule has 0 radical (unpaired) electrons. The third-order valence-electron chi connectivity index (χ3n) is 2.74. The van der Waals surface area contributed by atoms with Crippen molar-refractivity contribution in [3.8, 4) is 10.4 Å². The minimum absolute atomic E-state index is 0.258. The molecule has 104 valence electrons. The second-order valence-corrected chi connectivity index (χ2v) is 5.22. The molecule has 0 aromatic carbocycles. The summed E-state index contributed by atoms with van der Waals surface area (Å²) >= 11 is 1.40. The Morgan fingerprint density at radius 2 is 2.05 bits per heavy atom. The van der Waals surface area contributed by atoms with Gasteiger partial charge in [-0.05, 0) is 13.0 Å². The van der Waals surface area contributed by atoms with Gasteiger partial charge in [0.2, 0.25) is 0 Å². The average Bonchev–Trinajstić information content (AvgIpc) is 2.89. The first kappa shape index (κ1) is 13.3. The van der Waals surface area contributed by atoms with Crippen LogP contribution in [0.15, 0.2) is 43.1 Å². The standard InChI is InChI=1S/C14H11N5OS/c1-9-12(10-3-2-4-15-7-10)21-14(18-9)19-13(20)11-8-16-5-6-17-11/h2-8H,1H3,(H,18,19,20). The van der Waals surface area contributed by atoms with E-state index < -0.39 is 0 Å². The van der Waals surface area contributed by atoms with E-state index in [0.717, 1.165) is 16.1 Å². The van der Waals surface area contributed by atoms with Crippen LogP contribution in [0.3, 0.4) is 0 Å². The molecular weight excluding hydrogens is 286 g/mol. The topological polar surface area (TPSA) is 80.7 Å². The summed E-state index contributed by atoms with van der Waals surface area (Å²) in [5.41, 5.74) is 2.09. The van der Waals surface area contributed by atoms with Crippen LogP contribution in [-0.2, 0) is 0 Å². The van der Waals surface area contributed by atoms with Gasteiger partial charge < -0.3 is 0 Å². The number of hydrogen-bond acceptors (Lipinski definition) is 6. The maximum Gasteiger partial charge on any atom is 0.277 e. The zero-order valence-electron chi connectivity index (χ0n) is 11.1. The molecule has 0 unspecified atom stereocenters. The number of aromatic nitrogens is 4. The van der Waals surface area contributed by atoms with E-state index in [1.807, 2.05) is 19.1 Å². The normalized spacial score (nSPS) is 10.3. The third kappa shape index (κ3) is 2.92. The van der Waals surface area contributed by atoms with Crippen LogP contribution in [0.25, 0.3) is 10.4 Å². The molecule has 0 saturated heterocycles. The molecule has 3 rings (SSSR count). The van der Waals surface area contributed by atoms with Crippen LogP contribution in [0.1, 0.15) is 16.2 Å². The number of anilines is 1. The number of carbonyl (C=O) groups is 1. The first-order chi connectivity index (χ1) is 10.2. The summed E-state index contributed by atoms with van der Waals surface area (Å²) in [6, 6.07) is 3.83. The molecule has 7 heteroatoms. The van der Waals surface area contributed by atoms with Crippen LogP contribution < -0.4 is 5.32 Å². The van der Waals surface area contributed by atoms with Crippen LogP contribution in [0.2, 0.25) is 0 Å². The van der Waals surface area contributed by atoms with E-state index >= 15 is 0 Å². The van der Waals surface area contributed by atoms with Gasteiger partial charge in [-0.1, -0.05) is 17.4 Å². The SMILES string of the molecule is Cc1nc(NC(=O)c2cnccn2)sc1-c1cccnc1. The molecule has 0 saturated carbocycles. The van der Waals surface area contributed by atoms with Crippen molar-refractivity contribution >= 4 is 22.4 Å². The molecule has 0 bridgehead atoms. The summed E-state index contributed by atoms with van der Waals surface area (Å²) in [7, 11) is 0. The Morgan fingerprint density at radius 1 is 1.19 bits per heavy atom. The quantitative estimate of drug-likeness (QED) is 0.803. The Bertz CT molecular complexity index is 758. The number of carbonyl (C=O) groups excluding carboxylic acids is 1. The Hall–Kier alpha value is -2.67. The van der Waals surface area contributed by atoms with Gasteiger partial charge in [0.15, 0.2) is 5.13 Å². The van der Waals surface area contributed by atoms with Gasteiger partial charge in [0.05, 0.1) is 16.8 Å². The molecule has 1 N–H and O–H groups in total. The van der Waals surface area contributed by atoms with Crippen molar-refractivity contribution in [1.29, 1.82) is 0 Å². The monoisotopic (exact) mass is 297 g/mol. The largest absolute Gasteiger partial charge is 0.296 e. The second-order valence-electron chi connectivity index (χ2n) is 4.22. The van der Waals surface area contributed by atoms with Crippen molar-refractivity contribution in [2.75, 3.05) is 5.32 Å². The lowest BCUT2D eigenvalue weighted by Crippen LogP contribution is -2.13. The average molecular weight is 297 g/mol. The van der Waals surface area contributed by atoms with E-state index in [-0.39, 0.29) is 11.6 Å². The van der Waals surface area contributed by atoms with E-state index in [9.17, 15) is 4.79 Å². The molecule has 0 atom stereocenters. The van der Waals surface area contributed by atoms with Crippen LogP contribution >= 0.6 is 11.3 Å². The van der Waals surface area contributed by atoms with E-state index in [1.165, 1.54) is 29.9 Å². The van der Waals surface area contributed by atoms with Gasteiger partial charge in [-0.15, -0.1) is 0 Å². The molecule has 3 aromatic rings. The molecular formula is C14H11N5OS. The van der Waals surface area contributed by atoms with Crippen molar-refractivity contribution in [3.05, 3.63) is 54.5 Å². The second kappa shape index (κ2) is 5.76. The summed E-state index contributed by atoms with van der Waals surface area (Å²) in [5.74, 6) is -0.324. The van der Waals surface area contributed by atoms with E-state index in [0.29, 0.717) is 5.13 Å². The van der Waals surface area contributed by atoms with E-state index in [4.69, 9.17) is 0 Å². The van der Waals surface area contributed by atoms with Gasteiger partial charge in [-0.3, -0.25) is 20.1 Å². The number of hydrogen-bond donors (Lipinski definition) is 1. The minimum Gasteiger partial charge on any atom is -0.296 e. The van der Waals surface area contributed by atoms with Gasteiger partial charge in [-0.25, -0.2) is 9.97 Å². The molecule has 3 aromatic heterocycles. The lowest BCUT2D eigenvalue weighted by Gasteiger charge is -1.99. The zero-order valence-corrected chi connectivity index (χ0v) is 12.0. The molecule has 0 aliphatic heterocycles. The van der Waals surface area contributed by atoms with E-state index in [1.54, 1.807) is 12.4 Å². The lowest BCUT2D eigenvalue weighted by molar-refractivity contribution is 0.102. The predicted molar refractivity (Wildman–Crippen MR) is 80.1 cm³/mol. The first-order valence-electron chi connectivity index (χ1n) is 6.19. The molecule has 6 nitrogen and oxygen atoms in total. The Kier molecular flexibility index (Phi) is 3.65. The Labute approximate surface area is 125 Å². The molecule has 0 aliphatic rings. The third-order valence-corrected chi connectivity index (χ3v) is 3.86. The van der Waals surface area contributed by atoms with Gasteiger partial charge in [0.25, 0.3) is 5.91 Å². The number of amides is 1. The molecule has 0 aliphatic carbocycles. The van der Waals surface area contributed by atoms with Gasteiger partial charge in [0.1, 0.15) is 5.69 Å². The van der Waals surface area contributed by atoms with Gasteiger partial charge in [0, 0.05) is 30.4 Å². The number of aryl methyl sites for hydroxylation is 1. The zero-order chi connectivity index (χ0) is 14.7. The van der Waals surface area contributed by atoms with Crippen LogP contribution in [0.4, 0.5) is 5.13 Å². The summed E-state index contributed by atoms with van der Waals surface area (Å²) in [6.45, 7) is 1.90. The highest BCUT2D eigenvalue weighted by atomic mass is 32.1. The maximum absolute atomic E-state index is 12.0. The molecule has 1 amide bonds. The molecule has 21 heavy (non-hydrogen) atoms. The fraction of sp³-hybridized carbons (Fsp3) is 0.0714. The molecule has 0 fully saturated rings. The summed E-state index contributed by atoms with van der Waals surface area (Å²) in [6.07, 6.45) is 7.90. The van der Waals surface area contributed by atoms with Crippen molar-refractivity contribution in [2.24, 2.45) is 0 Å². The van der Waals surface area contributed by atoms with Crippen LogP contribution in [0, 0.1) is 6.92 Å². The highest BCUT2D eigenvalue weighted by Gasteiger charge is 2.13. The predicted octanol–water partition coefficient (Wildman–Crippen LogP) is 2.56.